The second kappa shape index (κ2) is 5.24. The van der Waals surface area contributed by atoms with Crippen LogP contribution in [-0.4, -0.2) is 22.9 Å². The molecular weight excluding hydrogens is 268 g/mol. The van der Waals surface area contributed by atoms with Gasteiger partial charge in [-0.1, -0.05) is 18.2 Å². The van der Waals surface area contributed by atoms with Gasteiger partial charge in [-0.25, -0.2) is 4.98 Å². The van der Waals surface area contributed by atoms with Crippen LogP contribution in [0, 0.1) is 6.92 Å². The first kappa shape index (κ1) is 13.1. The number of pyridine rings is 1. The number of nitrogens with zero attached hydrogens (tertiary/aromatic N) is 2. The van der Waals surface area contributed by atoms with Crippen molar-refractivity contribution in [1.29, 1.82) is 0 Å². The number of nitrogens with one attached hydrogen (secondary N) is 2. The zero-order valence-electron chi connectivity index (χ0n) is 11.7. The summed E-state index contributed by atoms with van der Waals surface area (Å²) in [7, 11) is 1.76. The van der Waals surface area contributed by atoms with Crippen molar-refractivity contribution in [2.75, 3.05) is 17.7 Å². The smallest absolute Gasteiger partial charge is 0.301 e. The van der Waals surface area contributed by atoms with Gasteiger partial charge in [0.1, 0.15) is 12.1 Å². The Morgan fingerprint density at radius 3 is 2.76 bits per heavy atom. The molecule has 0 saturated carbocycles. The normalized spacial score (nSPS) is 10.6. The highest BCUT2D eigenvalue weighted by Crippen LogP contribution is 2.21. The number of carbonyl (C=O) groups is 1. The molecule has 0 aliphatic rings. The van der Waals surface area contributed by atoms with Crippen molar-refractivity contribution in [3.63, 3.8) is 0 Å². The van der Waals surface area contributed by atoms with Gasteiger partial charge in [0.05, 0.1) is 16.8 Å². The molecule has 0 atom stereocenters. The van der Waals surface area contributed by atoms with E-state index >= 15 is 0 Å². The topological polar surface area (TPSA) is 80.0 Å². The minimum Gasteiger partial charge on any atom is -0.432 e. The summed E-state index contributed by atoms with van der Waals surface area (Å²) in [4.78, 5) is 20.9. The lowest BCUT2D eigenvalue weighted by Crippen LogP contribution is -2.13. The first-order chi connectivity index (χ1) is 10.2. The van der Waals surface area contributed by atoms with Crippen LogP contribution >= 0.6 is 0 Å². The third-order valence-corrected chi connectivity index (χ3v) is 3.06. The van der Waals surface area contributed by atoms with Gasteiger partial charge < -0.3 is 9.73 Å². The molecule has 0 spiro atoms. The van der Waals surface area contributed by atoms with Crippen LogP contribution in [0.1, 0.15) is 16.1 Å². The quantitative estimate of drug-likeness (QED) is 0.772. The van der Waals surface area contributed by atoms with Gasteiger partial charge in [0.2, 0.25) is 0 Å². The molecule has 3 aromatic rings. The highest BCUT2D eigenvalue weighted by Gasteiger charge is 2.14. The number of para-hydroxylation sites is 1. The van der Waals surface area contributed by atoms with Crippen molar-refractivity contribution in [2.45, 2.75) is 6.92 Å². The number of rotatable bonds is 3. The van der Waals surface area contributed by atoms with Crippen LogP contribution in [0.25, 0.3) is 10.9 Å². The van der Waals surface area contributed by atoms with E-state index < -0.39 is 0 Å². The van der Waals surface area contributed by atoms with E-state index in [-0.39, 0.29) is 11.9 Å². The Hall–Kier alpha value is -2.89. The molecule has 0 unspecified atom stereocenters. The first-order valence-electron chi connectivity index (χ1n) is 6.48. The van der Waals surface area contributed by atoms with Crippen LogP contribution in [0.2, 0.25) is 0 Å². The number of aryl methyl sites for hydroxylation is 1. The summed E-state index contributed by atoms with van der Waals surface area (Å²) >= 11 is 0. The van der Waals surface area contributed by atoms with Crippen LogP contribution in [0.4, 0.5) is 11.8 Å². The summed E-state index contributed by atoms with van der Waals surface area (Å²) in [5, 5.41) is 6.38. The number of oxazole rings is 1. The van der Waals surface area contributed by atoms with E-state index in [9.17, 15) is 4.79 Å². The second-order valence-corrected chi connectivity index (χ2v) is 4.57. The Bertz CT molecular complexity index is 810. The van der Waals surface area contributed by atoms with Crippen molar-refractivity contribution in [1.82, 2.24) is 9.97 Å². The fourth-order valence-corrected chi connectivity index (χ4v) is 2.07. The van der Waals surface area contributed by atoms with Gasteiger partial charge >= 0.3 is 6.01 Å². The molecule has 1 aromatic carbocycles. The number of benzene rings is 1. The summed E-state index contributed by atoms with van der Waals surface area (Å²) in [5.41, 5.74) is 1.97. The highest BCUT2D eigenvalue weighted by molar-refractivity contribution is 6.12. The third kappa shape index (κ3) is 2.55. The Morgan fingerprint density at radius 2 is 2.05 bits per heavy atom. The SMILES string of the molecule is CNc1cc(C(=O)Nc2nc(C)co2)c2ccccc2n1. The molecule has 3 rings (SSSR count). The number of hydrogen-bond donors (Lipinski definition) is 2. The maximum atomic E-state index is 12.4. The average Bonchev–Trinajstić information content (AvgIpc) is 2.91. The monoisotopic (exact) mass is 282 g/mol. The van der Waals surface area contributed by atoms with Crippen LogP contribution in [0.15, 0.2) is 41.0 Å². The van der Waals surface area contributed by atoms with Gasteiger partial charge in [0.15, 0.2) is 0 Å². The molecule has 0 radical (unpaired) electrons. The zero-order valence-corrected chi connectivity index (χ0v) is 11.7. The van der Waals surface area contributed by atoms with Crippen LogP contribution < -0.4 is 10.6 Å². The molecule has 6 heteroatoms. The molecule has 106 valence electrons. The zero-order chi connectivity index (χ0) is 14.8. The number of aromatic nitrogens is 2. The van der Waals surface area contributed by atoms with Crippen LogP contribution in [0.5, 0.6) is 0 Å². The maximum absolute atomic E-state index is 12.4. The van der Waals surface area contributed by atoms with Gasteiger partial charge in [-0.3, -0.25) is 10.1 Å². The van der Waals surface area contributed by atoms with Crippen molar-refractivity contribution >= 4 is 28.6 Å². The lowest BCUT2D eigenvalue weighted by atomic mass is 10.1. The molecule has 2 N–H and O–H groups in total. The molecule has 0 saturated heterocycles. The predicted octanol–water partition coefficient (Wildman–Crippen LogP) is 2.83. The number of amides is 1. The van der Waals surface area contributed by atoms with E-state index in [0.717, 1.165) is 10.9 Å². The molecule has 2 aromatic heterocycles. The lowest BCUT2D eigenvalue weighted by Gasteiger charge is -2.08. The molecule has 0 aliphatic carbocycles. The van der Waals surface area contributed by atoms with Crippen LogP contribution in [0.3, 0.4) is 0 Å². The third-order valence-electron chi connectivity index (χ3n) is 3.06. The standard InChI is InChI=1S/C15H14N4O2/c1-9-8-21-15(17-9)19-14(20)11-7-13(16-2)18-12-6-4-3-5-10(11)12/h3-8H,1-2H3,(H,16,18)(H,17,19,20). The number of carbonyl (C=O) groups excluding carboxylic acids is 1. The van der Waals surface area contributed by atoms with Gasteiger partial charge in [-0.15, -0.1) is 0 Å². The molecule has 21 heavy (non-hydrogen) atoms. The highest BCUT2D eigenvalue weighted by atomic mass is 16.4. The van der Waals surface area contributed by atoms with E-state index in [1.54, 1.807) is 20.0 Å². The van der Waals surface area contributed by atoms with Crippen molar-refractivity contribution in [3.05, 3.63) is 47.9 Å². The Kier molecular flexibility index (Phi) is 3.27. The molecule has 1 amide bonds. The molecule has 0 fully saturated rings. The van der Waals surface area contributed by atoms with Crippen LogP contribution in [-0.2, 0) is 0 Å². The van der Waals surface area contributed by atoms with Gasteiger partial charge in [-0.05, 0) is 19.1 Å². The van der Waals surface area contributed by atoms with Gasteiger partial charge in [0, 0.05) is 12.4 Å². The molecule has 0 aliphatic heterocycles. The fraction of sp³-hybridized carbons (Fsp3) is 0.133. The van der Waals surface area contributed by atoms with E-state index in [2.05, 4.69) is 20.6 Å². The van der Waals surface area contributed by atoms with Crippen molar-refractivity contribution in [2.24, 2.45) is 0 Å². The van der Waals surface area contributed by atoms with Gasteiger partial charge in [0.25, 0.3) is 5.91 Å². The van der Waals surface area contributed by atoms with Gasteiger partial charge in [-0.2, -0.15) is 4.98 Å². The number of hydrogen-bond acceptors (Lipinski definition) is 5. The molecule has 2 heterocycles. The van der Waals surface area contributed by atoms with Crippen molar-refractivity contribution < 1.29 is 9.21 Å². The molecule has 6 nitrogen and oxygen atoms in total. The number of fused-ring (bicyclic) bond motifs is 1. The van der Waals surface area contributed by atoms with E-state index in [0.29, 0.717) is 17.1 Å². The summed E-state index contributed by atoms with van der Waals surface area (Å²) in [6, 6.07) is 9.36. The summed E-state index contributed by atoms with van der Waals surface area (Å²) in [6.07, 6.45) is 1.49. The fourth-order valence-electron chi connectivity index (χ4n) is 2.07. The summed E-state index contributed by atoms with van der Waals surface area (Å²) in [5.74, 6) is 0.342. The Balaban J connectivity index is 2.03. The van der Waals surface area contributed by atoms with E-state index in [4.69, 9.17) is 4.42 Å². The lowest BCUT2D eigenvalue weighted by molar-refractivity contribution is 0.102. The van der Waals surface area contributed by atoms with E-state index in [1.807, 2.05) is 24.3 Å². The summed E-state index contributed by atoms with van der Waals surface area (Å²) < 4.78 is 5.15. The molecule has 0 bridgehead atoms. The second-order valence-electron chi connectivity index (χ2n) is 4.57. The predicted molar refractivity (Wildman–Crippen MR) is 80.5 cm³/mol. The average molecular weight is 282 g/mol. The number of anilines is 2. The van der Waals surface area contributed by atoms with E-state index in [1.165, 1.54) is 6.26 Å². The minimum absolute atomic E-state index is 0.185. The largest absolute Gasteiger partial charge is 0.432 e. The van der Waals surface area contributed by atoms with Crippen molar-refractivity contribution in [3.8, 4) is 0 Å². The Labute approximate surface area is 121 Å². The first-order valence-corrected chi connectivity index (χ1v) is 6.48. The Morgan fingerprint density at radius 1 is 1.24 bits per heavy atom. The summed E-state index contributed by atoms with van der Waals surface area (Å²) in [6.45, 7) is 1.79. The molecular formula is C15H14N4O2. The minimum atomic E-state index is -0.285. The maximum Gasteiger partial charge on any atom is 0.301 e.